The third kappa shape index (κ3) is 5.15. The minimum absolute atomic E-state index is 0.0857. The van der Waals surface area contributed by atoms with E-state index >= 15 is 0 Å². The molecule has 35 heavy (non-hydrogen) atoms. The maximum absolute atomic E-state index is 13.6. The molecule has 7 nitrogen and oxygen atoms in total. The normalized spacial score (nSPS) is 18.4. The Morgan fingerprint density at radius 2 is 1.86 bits per heavy atom. The van der Waals surface area contributed by atoms with E-state index < -0.39 is 0 Å². The van der Waals surface area contributed by atoms with Crippen molar-refractivity contribution in [3.8, 4) is 11.6 Å². The van der Waals surface area contributed by atoms with E-state index in [9.17, 15) is 4.79 Å². The number of carbonyl (C=O) groups is 1. The molecule has 2 aromatic carbocycles. The molecular formula is C28H32N4O3. The SMILES string of the molecule is Cc1ccccc1Oc1cncc([C@@H]2CCCN(C(=O)c3cccc(N4CCOCC4)c3C)C2)n1. The zero-order chi connectivity index (χ0) is 24.2. The number of carbonyl (C=O) groups excluding carboxylic acids is 1. The largest absolute Gasteiger partial charge is 0.437 e. The molecule has 0 spiro atoms. The number of ether oxygens (including phenoxy) is 2. The van der Waals surface area contributed by atoms with E-state index in [-0.39, 0.29) is 11.8 Å². The van der Waals surface area contributed by atoms with Gasteiger partial charge in [0.25, 0.3) is 5.91 Å². The number of para-hydroxylation sites is 1. The number of hydrogen-bond acceptors (Lipinski definition) is 6. The molecule has 0 saturated carbocycles. The molecule has 0 radical (unpaired) electrons. The molecule has 1 amide bonds. The molecule has 7 heteroatoms. The lowest BCUT2D eigenvalue weighted by Gasteiger charge is -2.34. The first-order valence-electron chi connectivity index (χ1n) is 12.4. The first-order chi connectivity index (χ1) is 17.1. The quantitative estimate of drug-likeness (QED) is 0.534. The van der Waals surface area contributed by atoms with E-state index in [0.29, 0.717) is 12.4 Å². The third-order valence-electron chi connectivity index (χ3n) is 6.95. The summed E-state index contributed by atoms with van der Waals surface area (Å²) in [6, 6.07) is 13.9. The van der Waals surface area contributed by atoms with Gasteiger partial charge in [-0.2, -0.15) is 0 Å². The summed E-state index contributed by atoms with van der Waals surface area (Å²) in [7, 11) is 0. The van der Waals surface area contributed by atoms with Crippen LogP contribution in [0.2, 0.25) is 0 Å². The van der Waals surface area contributed by atoms with Gasteiger partial charge < -0.3 is 19.3 Å². The number of aromatic nitrogens is 2. The molecule has 3 aromatic rings. The van der Waals surface area contributed by atoms with Gasteiger partial charge >= 0.3 is 0 Å². The summed E-state index contributed by atoms with van der Waals surface area (Å²) in [6.45, 7) is 8.59. The predicted molar refractivity (Wildman–Crippen MR) is 135 cm³/mol. The lowest BCUT2D eigenvalue weighted by Crippen LogP contribution is -2.40. The summed E-state index contributed by atoms with van der Waals surface area (Å²) in [5, 5.41) is 0. The smallest absolute Gasteiger partial charge is 0.254 e. The van der Waals surface area contributed by atoms with E-state index in [0.717, 1.165) is 79.5 Å². The number of hydrogen-bond donors (Lipinski definition) is 0. The summed E-state index contributed by atoms with van der Waals surface area (Å²) in [4.78, 5) is 27.0. The van der Waals surface area contributed by atoms with Crippen LogP contribution in [-0.2, 0) is 4.74 Å². The highest BCUT2D eigenvalue weighted by molar-refractivity contribution is 5.97. The molecule has 2 aliphatic heterocycles. The molecule has 1 atom stereocenters. The maximum atomic E-state index is 13.6. The van der Waals surface area contributed by atoms with Crippen LogP contribution in [0.25, 0.3) is 0 Å². The molecule has 3 heterocycles. The van der Waals surface area contributed by atoms with Crippen LogP contribution >= 0.6 is 0 Å². The third-order valence-corrected chi connectivity index (χ3v) is 6.95. The molecule has 2 aliphatic rings. The number of amides is 1. The zero-order valence-electron chi connectivity index (χ0n) is 20.4. The fourth-order valence-corrected chi connectivity index (χ4v) is 4.97. The minimum Gasteiger partial charge on any atom is -0.437 e. The Kier molecular flexibility index (Phi) is 6.95. The molecular weight excluding hydrogens is 440 g/mol. The van der Waals surface area contributed by atoms with Crippen LogP contribution in [0, 0.1) is 13.8 Å². The van der Waals surface area contributed by atoms with Crippen LogP contribution in [0.4, 0.5) is 5.69 Å². The van der Waals surface area contributed by atoms with Crippen LogP contribution in [0.1, 0.15) is 45.9 Å². The Morgan fingerprint density at radius 1 is 1.03 bits per heavy atom. The van der Waals surface area contributed by atoms with Gasteiger partial charge in [0.2, 0.25) is 5.88 Å². The lowest BCUT2D eigenvalue weighted by molar-refractivity contribution is 0.0705. The molecule has 182 valence electrons. The number of rotatable bonds is 5. The van der Waals surface area contributed by atoms with Gasteiger partial charge in [-0.3, -0.25) is 9.78 Å². The van der Waals surface area contributed by atoms with Crippen molar-refractivity contribution in [1.82, 2.24) is 14.9 Å². The maximum Gasteiger partial charge on any atom is 0.254 e. The Bertz CT molecular complexity index is 1190. The number of aryl methyl sites for hydroxylation is 1. The first-order valence-corrected chi connectivity index (χ1v) is 12.4. The molecule has 2 saturated heterocycles. The monoisotopic (exact) mass is 472 g/mol. The molecule has 0 unspecified atom stereocenters. The first kappa shape index (κ1) is 23.3. The summed E-state index contributed by atoms with van der Waals surface area (Å²) in [5.74, 6) is 1.47. The second kappa shape index (κ2) is 10.4. The molecule has 5 rings (SSSR count). The van der Waals surface area contributed by atoms with Crippen molar-refractivity contribution in [3.63, 3.8) is 0 Å². The van der Waals surface area contributed by atoms with Crippen molar-refractivity contribution < 1.29 is 14.3 Å². The minimum atomic E-state index is 0.0857. The second-order valence-corrected chi connectivity index (χ2v) is 9.29. The van der Waals surface area contributed by atoms with Crippen LogP contribution in [-0.4, -0.2) is 60.2 Å². The van der Waals surface area contributed by atoms with Crippen molar-refractivity contribution in [2.75, 3.05) is 44.3 Å². The Balaban J connectivity index is 1.32. The molecule has 0 N–H and O–H groups in total. The number of morpholine rings is 1. The number of anilines is 1. The lowest BCUT2D eigenvalue weighted by atomic mass is 9.94. The van der Waals surface area contributed by atoms with Gasteiger partial charge in [0.1, 0.15) is 5.75 Å². The summed E-state index contributed by atoms with van der Waals surface area (Å²) >= 11 is 0. The van der Waals surface area contributed by atoms with E-state index in [1.165, 1.54) is 0 Å². The van der Waals surface area contributed by atoms with E-state index in [1.54, 1.807) is 12.4 Å². The molecule has 2 fully saturated rings. The molecule has 0 aliphatic carbocycles. The van der Waals surface area contributed by atoms with Crippen molar-refractivity contribution in [3.05, 3.63) is 77.2 Å². The fourth-order valence-electron chi connectivity index (χ4n) is 4.97. The highest BCUT2D eigenvalue weighted by Gasteiger charge is 2.28. The van der Waals surface area contributed by atoms with Crippen LogP contribution < -0.4 is 9.64 Å². The van der Waals surface area contributed by atoms with Crippen molar-refractivity contribution >= 4 is 11.6 Å². The van der Waals surface area contributed by atoms with Crippen molar-refractivity contribution in [2.24, 2.45) is 0 Å². The molecule has 1 aromatic heterocycles. The average molecular weight is 473 g/mol. The number of likely N-dealkylation sites (tertiary alicyclic amines) is 1. The topological polar surface area (TPSA) is 67.8 Å². The fraction of sp³-hybridized carbons (Fsp3) is 0.393. The highest BCUT2D eigenvalue weighted by atomic mass is 16.5. The number of piperidine rings is 1. The van der Waals surface area contributed by atoms with Crippen LogP contribution in [0.15, 0.2) is 54.9 Å². The highest BCUT2D eigenvalue weighted by Crippen LogP contribution is 2.31. The standard InChI is InChI=1S/C28H32N4O3/c1-20-7-3-4-11-26(20)35-27-18-29-17-24(30-27)22-8-6-12-32(19-22)28(33)23-9-5-10-25(21(23)2)31-13-15-34-16-14-31/h3-5,7,9-11,17-18,22H,6,8,12-16,19H2,1-2H3/t22-/m1/s1. The van der Waals surface area contributed by atoms with Crippen LogP contribution in [0.5, 0.6) is 11.6 Å². The molecule has 0 bridgehead atoms. The van der Waals surface area contributed by atoms with Gasteiger partial charge in [0.15, 0.2) is 0 Å². The second-order valence-electron chi connectivity index (χ2n) is 9.29. The number of nitrogens with zero attached hydrogens (tertiary/aromatic N) is 4. The average Bonchev–Trinajstić information content (AvgIpc) is 2.90. The summed E-state index contributed by atoms with van der Waals surface area (Å²) in [5.41, 5.74) is 4.85. The van der Waals surface area contributed by atoms with Gasteiger partial charge in [-0.1, -0.05) is 24.3 Å². The van der Waals surface area contributed by atoms with Gasteiger partial charge in [-0.15, -0.1) is 0 Å². The van der Waals surface area contributed by atoms with E-state index in [4.69, 9.17) is 14.5 Å². The van der Waals surface area contributed by atoms with Gasteiger partial charge in [-0.25, -0.2) is 4.98 Å². The Hall–Kier alpha value is -3.45. The van der Waals surface area contributed by atoms with Crippen LogP contribution in [0.3, 0.4) is 0 Å². The van der Waals surface area contributed by atoms with Gasteiger partial charge in [-0.05, 0) is 56.0 Å². The zero-order valence-corrected chi connectivity index (χ0v) is 20.4. The predicted octanol–water partition coefficient (Wildman–Crippen LogP) is 4.74. The number of benzene rings is 2. The van der Waals surface area contributed by atoms with Crippen molar-refractivity contribution in [1.29, 1.82) is 0 Å². The van der Waals surface area contributed by atoms with E-state index in [2.05, 4.69) is 22.9 Å². The van der Waals surface area contributed by atoms with Gasteiger partial charge in [0.05, 0.1) is 25.1 Å². The van der Waals surface area contributed by atoms with Crippen molar-refractivity contribution in [2.45, 2.75) is 32.6 Å². The summed E-state index contributed by atoms with van der Waals surface area (Å²) < 4.78 is 11.5. The Labute approximate surface area is 206 Å². The van der Waals surface area contributed by atoms with E-state index in [1.807, 2.05) is 48.2 Å². The van der Waals surface area contributed by atoms with Gasteiger partial charge in [0, 0.05) is 49.5 Å². The Morgan fingerprint density at radius 3 is 2.69 bits per heavy atom. The summed E-state index contributed by atoms with van der Waals surface area (Å²) in [6.07, 6.45) is 5.35.